The summed E-state index contributed by atoms with van der Waals surface area (Å²) in [6.07, 6.45) is 0. The molecule has 102 heavy (non-hydrogen) atoms. The standard InChI is InChI=1S/C91H86B2N9/c1-91(2,3)69-45-25-28-48-74(69)98(77-51-31-34-54-86(77)100(4,5)6)67-57-82-89-84(58-67)96(65-41-21-15-22-42-65)80-62-81-73(61-72(80)92(89)70-46-26-29-49-75(70)94(82)63-37-17-13-18-38-63)93-71-47-27-30-50-76(71)95(64-39-19-14-20-40-64)83-59-68(60-85(90(83)93)97(81)66-43-23-16-24-44-66)99(78-52-32-35-55-87(78)101(7,8)9)79-53-33-36-56-88(79)102(10,11)12/h13-62H,1-12H3/q+3. The second-order valence-corrected chi connectivity index (χ2v) is 31.4. The van der Waals surface area contributed by atoms with Gasteiger partial charge < -0.3 is 24.5 Å². The first kappa shape index (κ1) is 64.1. The van der Waals surface area contributed by atoms with Gasteiger partial charge in [-0.1, -0.05) is 191 Å². The fourth-order valence-corrected chi connectivity index (χ4v) is 16.8. The van der Waals surface area contributed by atoms with Crippen LogP contribution in [0.2, 0.25) is 0 Å². The van der Waals surface area contributed by atoms with Gasteiger partial charge in [0.05, 0.1) is 80.5 Å². The number of hydrogen-bond acceptors (Lipinski definition) is 6. The van der Waals surface area contributed by atoms with E-state index in [2.05, 4.69) is 417 Å². The lowest BCUT2D eigenvalue weighted by Crippen LogP contribution is -2.65. The van der Waals surface area contributed by atoms with E-state index in [0.717, 1.165) is 102 Å². The maximum Gasteiger partial charge on any atom is 0.252 e. The van der Waals surface area contributed by atoms with Gasteiger partial charge in [-0.05, 0) is 159 Å². The van der Waals surface area contributed by atoms with Crippen LogP contribution in [0.15, 0.2) is 303 Å². The van der Waals surface area contributed by atoms with Crippen LogP contribution < -0.4 is 75.6 Å². The number of benzene rings is 13. The van der Waals surface area contributed by atoms with Gasteiger partial charge >= 0.3 is 0 Å². The van der Waals surface area contributed by atoms with Crippen LogP contribution in [0, 0.1) is 0 Å². The minimum Gasteiger partial charge on any atom is -0.311 e. The molecule has 0 atom stereocenters. The molecule has 498 valence electrons. The summed E-state index contributed by atoms with van der Waals surface area (Å²) in [6, 6.07) is 114. The molecule has 0 radical (unpaired) electrons. The van der Waals surface area contributed by atoms with Crippen LogP contribution in [0.4, 0.5) is 119 Å². The summed E-state index contributed by atoms with van der Waals surface area (Å²) in [4.78, 5) is 15.5. The Balaban J connectivity index is 1.01. The Morgan fingerprint density at radius 1 is 0.255 bits per heavy atom. The number of fused-ring (bicyclic) bond motifs is 8. The first-order valence-corrected chi connectivity index (χ1v) is 35.8. The zero-order chi connectivity index (χ0) is 70.1. The summed E-state index contributed by atoms with van der Waals surface area (Å²) in [7, 11) is 20.5. The first-order chi connectivity index (χ1) is 49.2. The van der Waals surface area contributed by atoms with E-state index in [1.165, 1.54) is 55.4 Å². The molecule has 4 aliphatic heterocycles. The topological polar surface area (TPSA) is 19.4 Å². The van der Waals surface area contributed by atoms with Gasteiger partial charge in [0.25, 0.3) is 13.4 Å². The number of anilines is 18. The van der Waals surface area contributed by atoms with E-state index in [1.807, 2.05) is 0 Å². The van der Waals surface area contributed by atoms with Gasteiger partial charge in [-0.15, -0.1) is 0 Å². The fourth-order valence-electron chi connectivity index (χ4n) is 16.8. The molecule has 4 aliphatic rings. The monoisotopic (exact) mass is 1330 g/mol. The normalized spacial score (nSPS) is 13.6. The molecule has 0 saturated carbocycles. The van der Waals surface area contributed by atoms with Crippen molar-refractivity contribution in [2.24, 2.45) is 0 Å². The third-order valence-electron chi connectivity index (χ3n) is 21.1. The molecule has 13 aromatic carbocycles. The Labute approximate surface area is 603 Å². The zero-order valence-electron chi connectivity index (χ0n) is 60.5. The highest BCUT2D eigenvalue weighted by atomic mass is 15.3. The van der Waals surface area contributed by atoms with E-state index >= 15 is 0 Å². The van der Waals surface area contributed by atoms with Crippen LogP contribution in [-0.4, -0.2) is 76.9 Å². The predicted molar refractivity (Wildman–Crippen MR) is 441 cm³/mol. The van der Waals surface area contributed by atoms with E-state index < -0.39 is 0 Å². The molecule has 0 unspecified atom stereocenters. The summed E-state index contributed by atoms with van der Waals surface area (Å²) < 4.78 is 1.85. The van der Waals surface area contributed by atoms with Crippen LogP contribution in [0.5, 0.6) is 0 Å². The minimum atomic E-state index is -0.203. The molecule has 0 spiro atoms. The predicted octanol–water partition coefficient (Wildman–Crippen LogP) is 18.7. The quantitative estimate of drug-likeness (QED) is 0.0840. The average Bonchev–Trinajstić information content (AvgIpc) is 0.684. The molecule has 0 saturated heterocycles. The maximum absolute atomic E-state index is 2.65. The largest absolute Gasteiger partial charge is 0.311 e. The van der Waals surface area contributed by atoms with Crippen LogP contribution in [0.1, 0.15) is 26.3 Å². The lowest BCUT2D eigenvalue weighted by Gasteiger charge is -2.48. The Morgan fingerprint density at radius 2 is 0.529 bits per heavy atom. The molecule has 13 aromatic rings. The molecule has 11 heteroatoms. The molecule has 0 bridgehead atoms. The lowest BCUT2D eigenvalue weighted by atomic mass is 9.30. The van der Waals surface area contributed by atoms with E-state index in [0.29, 0.717) is 13.4 Å². The Hall–Kier alpha value is -11.3. The molecule has 0 N–H and O–H groups in total. The highest BCUT2D eigenvalue weighted by molar-refractivity contribution is 7.03. The van der Waals surface area contributed by atoms with Gasteiger partial charge in [0.1, 0.15) is 17.1 Å². The van der Waals surface area contributed by atoms with Crippen LogP contribution >= 0.6 is 0 Å². The number of nitrogens with zero attached hydrogens (tertiary/aromatic N) is 9. The van der Waals surface area contributed by atoms with Gasteiger partial charge in [0.2, 0.25) is 0 Å². The second kappa shape index (κ2) is 24.2. The zero-order valence-corrected chi connectivity index (χ0v) is 60.5. The molecule has 4 heterocycles. The second-order valence-electron chi connectivity index (χ2n) is 31.4. The third-order valence-corrected chi connectivity index (χ3v) is 21.1. The van der Waals surface area contributed by atoms with Crippen molar-refractivity contribution < 1.29 is 0 Å². The van der Waals surface area contributed by atoms with Crippen LogP contribution in [-0.2, 0) is 5.41 Å². The van der Waals surface area contributed by atoms with Gasteiger partial charge in [0.15, 0.2) is 17.1 Å². The third kappa shape index (κ3) is 10.5. The van der Waals surface area contributed by atoms with Crippen molar-refractivity contribution in [2.75, 3.05) is 92.8 Å². The van der Waals surface area contributed by atoms with E-state index in [9.17, 15) is 0 Å². The van der Waals surface area contributed by atoms with Gasteiger partial charge in [0, 0.05) is 86.4 Å². The number of quaternary nitrogens is 3. The van der Waals surface area contributed by atoms with Gasteiger partial charge in [-0.25, -0.2) is 0 Å². The smallest absolute Gasteiger partial charge is 0.252 e. The van der Waals surface area contributed by atoms with Crippen LogP contribution in [0.25, 0.3) is 0 Å². The van der Waals surface area contributed by atoms with Gasteiger partial charge in [-0.3, -0.25) is 18.3 Å². The Bertz CT molecular complexity index is 4960. The molecule has 0 fully saturated rings. The lowest BCUT2D eigenvalue weighted by molar-refractivity contribution is 0.484. The summed E-state index contributed by atoms with van der Waals surface area (Å²) in [6.45, 7) is 6.64. The van der Waals surface area contributed by atoms with Crippen molar-refractivity contribution >= 4 is 166 Å². The maximum atomic E-state index is 2.65. The summed E-state index contributed by atoms with van der Waals surface area (Å²) >= 11 is 0. The van der Waals surface area contributed by atoms with Crippen molar-refractivity contribution in [1.82, 2.24) is 13.4 Å². The Kier molecular flexibility index (Phi) is 15.2. The van der Waals surface area contributed by atoms with Crippen molar-refractivity contribution in [3.05, 3.63) is 309 Å². The number of hydrogen-bond donors (Lipinski definition) is 0. The summed E-state index contributed by atoms with van der Waals surface area (Å²) in [5, 5.41) is 0. The van der Waals surface area contributed by atoms with Crippen molar-refractivity contribution in [3.8, 4) is 0 Å². The van der Waals surface area contributed by atoms with E-state index in [1.54, 1.807) is 0 Å². The summed E-state index contributed by atoms with van der Waals surface area (Å²) in [5.74, 6) is 0. The minimum absolute atomic E-state index is 0.196. The first-order valence-electron chi connectivity index (χ1n) is 35.8. The molecule has 0 aromatic heterocycles. The molecule has 17 rings (SSSR count). The molecular formula is C91H86B2N9+3. The number of para-hydroxylation sites is 13. The molecule has 0 aliphatic carbocycles. The SMILES string of the molecule is CC(C)(C)c1ccccc1N(c1cc2c3c(c1)N(c1ccccc1)c1cc4c(cc1B3c1ccccc1N2c1ccccc1)B1c2ccccc2N(c2ccccc2)c2cc(N(c3ccccc3[N+](C)(C)C)c3ccccc3[N+](C)(C)C)cc(c21)N4c1ccccc1)c1ccccc1[N+](C)(C)C. The fraction of sp³-hybridized carbons (Fsp3) is 0.143. The molecular weight excluding hydrogens is 1240 g/mol. The summed E-state index contributed by atoms with van der Waals surface area (Å²) in [5.41, 5.74) is 32.2. The van der Waals surface area contributed by atoms with Crippen molar-refractivity contribution in [1.29, 1.82) is 0 Å². The number of rotatable bonds is 13. The van der Waals surface area contributed by atoms with E-state index in [4.69, 9.17) is 0 Å². The van der Waals surface area contributed by atoms with Gasteiger partial charge in [-0.2, -0.15) is 0 Å². The van der Waals surface area contributed by atoms with E-state index in [-0.39, 0.29) is 18.8 Å². The highest BCUT2D eigenvalue weighted by Gasteiger charge is 2.50. The van der Waals surface area contributed by atoms with Crippen LogP contribution in [0.3, 0.4) is 0 Å². The van der Waals surface area contributed by atoms with Crippen molar-refractivity contribution in [2.45, 2.75) is 26.2 Å². The van der Waals surface area contributed by atoms with Crippen molar-refractivity contribution in [3.63, 3.8) is 0 Å². The average molecular weight is 1330 g/mol. The molecule has 9 nitrogen and oxygen atoms in total. The highest BCUT2D eigenvalue weighted by Crippen LogP contribution is 2.55. The molecule has 0 amide bonds. The Morgan fingerprint density at radius 3 is 0.863 bits per heavy atom.